The second-order valence-corrected chi connectivity index (χ2v) is 3.04. The normalized spacial score (nSPS) is 18.6. The summed E-state index contributed by atoms with van der Waals surface area (Å²) in [5, 5.41) is 0. The highest BCUT2D eigenvalue weighted by Gasteiger charge is 2.14. The van der Waals surface area contributed by atoms with Crippen LogP contribution in [0.3, 0.4) is 0 Å². The van der Waals surface area contributed by atoms with Crippen LogP contribution in [0.4, 0.5) is 0 Å². The summed E-state index contributed by atoms with van der Waals surface area (Å²) in [7, 11) is 0. The zero-order chi connectivity index (χ0) is 8.81. The Balaban J connectivity index is 2.29. The van der Waals surface area contributed by atoms with Crippen molar-refractivity contribution in [1.29, 1.82) is 0 Å². The molecule has 1 fully saturated rings. The van der Waals surface area contributed by atoms with Crippen molar-refractivity contribution < 1.29 is 4.79 Å². The summed E-state index contributed by atoms with van der Waals surface area (Å²) in [5.41, 5.74) is 0. The average Bonchev–Trinajstić information content (AvgIpc) is 2.15. The average molecular weight is 168 g/mol. The summed E-state index contributed by atoms with van der Waals surface area (Å²) < 4.78 is 0. The highest BCUT2D eigenvalue weighted by Crippen LogP contribution is 2.08. The Hall–Kier alpha value is -0.860. The molecule has 0 aromatic rings. The number of hydrogen-bond donors (Lipinski definition) is 0. The van der Waals surface area contributed by atoms with Gasteiger partial charge in [-0.1, -0.05) is 0 Å². The first-order valence-electron chi connectivity index (χ1n) is 4.57. The van der Waals surface area contributed by atoms with E-state index in [9.17, 15) is 4.79 Å². The van der Waals surface area contributed by atoms with Gasteiger partial charge in [0.15, 0.2) is 0 Å². The third-order valence-electron chi connectivity index (χ3n) is 2.12. The van der Waals surface area contributed by atoms with Crippen molar-refractivity contribution in [2.45, 2.75) is 26.2 Å². The first-order valence-corrected chi connectivity index (χ1v) is 4.57. The number of carbonyl (C=O) groups is 1. The summed E-state index contributed by atoms with van der Waals surface area (Å²) >= 11 is 0. The molecular weight excluding hydrogens is 152 g/mol. The SMILES string of the molecule is CC=NCC(=O)N1CCCCC1. The Bertz CT molecular complexity index is 171. The van der Waals surface area contributed by atoms with E-state index in [1.54, 1.807) is 6.21 Å². The highest BCUT2D eigenvalue weighted by atomic mass is 16.2. The molecule has 0 atom stereocenters. The fraction of sp³-hybridized carbons (Fsp3) is 0.778. The van der Waals surface area contributed by atoms with Crippen molar-refractivity contribution in [2.24, 2.45) is 4.99 Å². The van der Waals surface area contributed by atoms with Crippen molar-refractivity contribution >= 4 is 12.1 Å². The van der Waals surface area contributed by atoms with Crippen LogP contribution in [0.15, 0.2) is 4.99 Å². The smallest absolute Gasteiger partial charge is 0.244 e. The molecule has 1 amide bonds. The zero-order valence-corrected chi connectivity index (χ0v) is 7.62. The molecular formula is C9H16N2O. The lowest BCUT2D eigenvalue weighted by molar-refractivity contribution is -0.130. The number of nitrogens with zero attached hydrogens (tertiary/aromatic N) is 2. The molecule has 0 N–H and O–H groups in total. The molecule has 1 rings (SSSR count). The van der Waals surface area contributed by atoms with Gasteiger partial charge in [0.2, 0.25) is 5.91 Å². The largest absolute Gasteiger partial charge is 0.341 e. The maximum absolute atomic E-state index is 11.4. The third-order valence-corrected chi connectivity index (χ3v) is 2.12. The van der Waals surface area contributed by atoms with E-state index in [0.717, 1.165) is 25.9 Å². The number of hydrogen-bond acceptors (Lipinski definition) is 2. The molecule has 0 saturated carbocycles. The van der Waals surface area contributed by atoms with E-state index in [1.807, 2.05) is 11.8 Å². The highest BCUT2D eigenvalue weighted by molar-refractivity contribution is 5.79. The van der Waals surface area contributed by atoms with E-state index in [2.05, 4.69) is 4.99 Å². The molecule has 0 aromatic carbocycles. The van der Waals surface area contributed by atoms with Gasteiger partial charge in [0.05, 0.1) is 0 Å². The molecule has 0 aromatic heterocycles. The minimum absolute atomic E-state index is 0.174. The van der Waals surface area contributed by atoms with Crippen molar-refractivity contribution in [2.75, 3.05) is 19.6 Å². The predicted octanol–water partition coefficient (Wildman–Crippen LogP) is 1.09. The topological polar surface area (TPSA) is 32.7 Å². The quantitative estimate of drug-likeness (QED) is 0.568. The number of aliphatic imine (C=N–C) groups is 1. The molecule has 3 nitrogen and oxygen atoms in total. The van der Waals surface area contributed by atoms with Gasteiger partial charge in [-0.05, 0) is 32.4 Å². The van der Waals surface area contributed by atoms with Crippen molar-refractivity contribution in [3.8, 4) is 0 Å². The lowest BCUT2D eigenvalue weighted by Gasteiger charge is -2.25. The number of carbonyl (C=O) groups excluding carboxylic acids is 1. The molecule has 0 radical (unpaired) electrons. The van der Waals surface area contributed by atoms with E-state index < -0.39 is 0 Å². The Kier molecular flexibility index (Phi) is 3.77. The molecule has 68 valence electrons. The molecule has 1 aliphatic rings. The molecule has 0 unspecified atom stereocenters. The maximum atomic E-state index is 11.4. The van der Waals surface area contributed by atoms with E-state index in [4.69, 9.17) is 0 Å². The molecule has 1 aliphatic heterocycles. The molecule has 0 bridgehead atoms. The van der Waals surface area contributed by atoms with Crippen LogP contribution in [0.2, 0.25) is 0 Å². The maximum Gasteiger partial charge on any atom is 0.244 e. The van der Waals surface area contributed by atoms with E-state index in [-0.39, 0.29) is 5.91 Å². The van der Waals surface area contributed by atoms with Crippen LogP contribution in [0.25, 0.3) is 0 Å². The Morgan fingerprint density at radius 3 is 2.67 bits per heavy atom. The van der Waals surface area contributed by atoms with Crippen molar-refractivity contribution in [3.63, 3.8) is 0 Å². The fourth-order valence-corrected chi connectivity index (χ4v) is 1.41. The summed E-state index contributed by atoms with van der Waals surface area (Å²) in [4.78, 5) is 17.2. The number of rotatable bonds is 2. The van der Waals surface area contributed by atoms with Crippen LogP contribution < -0.4 is 0 Å². The number of piperidine rings is 1. The van der Waals surface area contributed by atoms with E-state index in [0.29, 0.717) is 6.54 Å². The third kappa shape index (κ3) is 2.64. The van der Waals surface area contributed by atoms with Gasteiger partial charge in [0.1, 0.15) is 6.54 Å². The monoisotopic (exact) mass is 168 g/mol. The first-order chi connectivity index (χ1) is 5.84. The van der Waals surface area contributed by atoms with Gasteiger partial charge in [-0.2, -0.15) is 0 Å². The van der Waals surface area contributed by atoms with Gasteiger partial charge < -0.3 is 4.90 Å². The minimum Gasteiger partial charge on any atom is -0.341 e. The van der Waals surface area contributed by atoms with Crippen LogP contribution in [0, 0.1) is 0 Å². The summed E-state index contributed by atoms with van der Waals surface area (Å²) in [6.45, 7) is 4.02. The van der Waals surface area contributed by atoms with Gasteiger partial charge >= 0.3 is 0 Å². The van der Waals surface area contributed by atoms with Crippen LogP contribution in [-0.2, 0) is 4.79 Å². The lowest BCUT2D eigenvalue weighted by atomic mass is 10.1. The molecule has 1 saturated heterocycles. The summed E-state index contributed by atoms with van der Waals surface area (Å²) in [6, 6.07) is 0. The van der Waals surface area contributed by atoms with Crippen molar-refractivity contribution in [3.05, 3.63) is 0 Å². The lowest BCUT2D eigenvalue weighted by Crippen LogP contribution is -2.37. The Labute approximate surface area is 73.5 Å². The van der Waals surface area contributed by atoms with Gasteiger partial charge in [0.25, 0.3) is 0 Å². The van der Waals surface area contributed by atoms with E-state index in [1.165, 1.54) is 6.42 Å². The van der Waals surface area contributed by atoms with E-state index >= 15 is 0 Å². The molecule has 0 aliphatic carbocycles. The second kappa shape index (κ2) is 4.91. The minimum atomic E-state index is 0.174. The summed E-state index contributed by atoms with van der Waals surface area (Å²) in [5.74, 6) is 0.174. The van der Waals surface area contributed by atoms with Gasteiger partial charge in [-0.3, -0.25) is 9.79 Å². The van der Waals surface area contributed by atoms with Gasteiger partial charge in [-0.15, -0.1) is 0 Å². The first kappa shape index (κ1) is 9.23. The van der Waals surface area contributed by atoms with Crippen LogP contribution in [0.1, 0.15) is 26.2 Å². The summed E-state index contributed by atoms with van der Waals surface area (Å²) in [6.07, 6.45) is 5.26. The van der Waals surface area contributed by atoms with Gasteiger partial charge in [0, 0.05) is 13.1 Å². The van der Waals surface area contributed by atoms with Crippen molar-refractivity contribution in [1.82, 2.24) is 4.90 Å². The Morgan fingerprint density at radius 1 is 1.42 bits per heavy atom. The van der Waals surface area contributed by atoms with Crippen LogP contribution >= 0.6 is 0 Å². The molecule has 12 heavy (non-hydrogen) atoms. The number of amides is 1. The number of likely N-dealkylation sites (tertiary alicyclic amines) is 1. The molecule has 0 spiro atoms. The second-order valence-electron chi connectivity index (χ2n) is 3.04. The predicted molar refractivity (Wildman–Crippen MR) is 49.5 cm³/mol. The molecule has 1 heterocycles. The van der Waals surface area contributed by atoms with Crippen LogP contribution in [-0.4, -0.2) is 36.7 Å². The zero-order valence-electron chi connectivity index (χ0n) is 7.62. The fourth-order valence-electron chi connectivity index (χ4n) is 1.41. The standard InChI is InChI=1S/C9H16N2O/c1-2-10-8-9(12)11-6-4-3-5-7-11/h2H,3-8H2,1H3. The Morgan fingerprint density at radius 2 is 2.08 bits per heavy atom. The van der Waals surface area contributed by atoms with Crippen LogP contribution in [0.5, 0.6) is 0 Å². The molecule has 3 heteroatoms. The van der Waals surface area contributed by atoms with Gasteiger partial charge in [-0.25, -0.2) is 0 Å².